The van der Waals surface area contributed by atoms with Gasteiger partial charge in [0.2, 0.25) is 0 Å². The standard InChI is InChI=1S/C15H13Cl2N3.C9H10/c1-8-5-14-13(18)6-9(2)19-20(14)15(8)11-4-3-10(16)7-12(11)17;1-2-5-9-7-3-6-8(9)4-1/h3-7H,18H2,1-2H3;1-2,4-5H,3,6-7H2. The van der Waals surface area contributed by atoms with Crippen molar-refractivity contribution < 1.29 is 0 Å². The summed E-state index contributed by atoms with van der Waals surface area (Å²) in [4.78, 5) is 0. The van der Waals surface area contributed by atoms with E-state index in [2.05, 4.69) is 29.4 Å². The Hall–Kier alpha value is -2.49. The predicted octanol–water partition coefficient (Wildman–Crippen LogP) is 6.68. The van der Waals surface area contributed by atoms with Crippen LogP contribution in [0.3, 0.4) is 0 Å². The molecule has 0 spiro atoms. The van der Waals surface area contributed by atoms with Crippen molar-refractivity contribution in [1.29, 1.82) is 0 Å². The van der Waals surface area contributed by atoms with E-state index in [1.165, 1.54) is 19.3 Å². The van der Waals surface area contributed by atoms with Crippen LogP contribution in [0.25, 0.3) is 16.8 Å². The molecular weight excluding hydrogens is 401 g/mol. The lowest BCUT2D eigenvalue weighted by molar-refractivity contribution is 0.912. The minimum atomic E-state index is 0.600. The summed E-state index contributed by atoms with van der Waals surface area (Å²) in [5.74, 6) is 0. The van der Waals surface area contributed by atoms with Gasteiger partial charge in [0.1, 0.15) is 0 Å². The summed E-state index contributed by atoms with van der Waals surface area (Å²) in [6, 6.07) is 18.1. The van der Waals surface area contributed by atoms with Crippen LogP contribution in [-0.2, 0) is 12.8 Å². The van der Waals surface area contributed by atoms with Crippen molar-refractivity contribution >= 4 is 34.4 Å². The molecule has 2 heterocycles. The molecule has 0 fully saturated rings. The highest BCUT2D eigenvalue weighted by atomic mass is 35.5. The number of hydrogen-bond acceptors (Lipinski definition) is 2. The fraction of sp³-hybridized carbons (Fsp3) is 0.208. The van der Waals surface area contributed by atoms with Gasteiger partial charge >= 0.3 is 0 Å². The summed E-state index contributed by atoms with van der Waals surface area (Å²) in [6.45, 7) is 3.93. The molecular formula is C24H23Cl2N3. The van der Waals surface area contributed by atoms with Crippen LogP contribution in [0.4, 0.5) is 5.69 Å². The highest BCUT2D eigenvalue weighted by Crippen LogP contribution is 2.35. The van der Waals surface area contributed by atoms with Crippen molar-refractivity contribution in [3.8, 4) is 11.3 Å². The quantitative estimate of drug-likeness (QED) is 0.370. The topological polar surface area (TPSA) is 43.3 Å². The molecule has 1 aliphatic rings. The van der Waals surface area contributed by atoms with Gasteiger partial charge in [-0.3, -0.25) is 0 Å². The zero-order valence-corrected chi connectivity index (χ0v) is 18.1. The number of hydrogen-bond donors (Lipinski definition) is 1. The highest BCUT2D eigenvalue weighted by Gasteiger charge is 2.15. The molecule has 0 unspecified atom stereocenters. The summed E-state index contributed by atoms with van der Waals surface area (Å²) in [5.41, 5.74) is 14.6. The van der Waals surface area contributed by atoms with Gasteiger partial charge in [0.05, 0.1) is 27.6 Å². The summed E-state index contributed by atoms with van der Waals surface area (Å²) >= 11 is 12.3. The number of nitrogens with two attached hydrogens (primary N) is 1. The van der Waals surface area contributed by atoms with Gasteiger partial charge in [0.15, 0.2) is 0 Å². The second-order valence-corrected chi connectivity index (χ2v) is 8.30. The fourth-order valence-corrected chi connectivity index (χ4v) is 4.44. The molecule has 0 aliphatic heterocycles. The van der Waals surface area contributed by atoms with E-state index in [0.29, 0.717) is 15.7 Å². The van der Waals surface area contributed by atoms with Crippen LogP contribution in [0.1, 0.15) is 28.8 Å². The lowest BCUT2D eigenvalue weighted by Gasteiger charge is -2.08. The molecule has 29 heavy (non-hydrogen) atoms. The third-order valence-corrected chi connectivity index (χ3v) is 5.83. The van der Waals surface area contributed by atoms with Crippen molar-refractivity contribution in [3.63, 3.8) is 0 Å². The normalized spacial score (nSPS) is 12.6. The van der Waals surface area contributed by atoms with Gasteiger partial charge in [-0.15, -0.1) is 0 Å². The van der Waals surface area contributed by atoms with E-state index in [-0.39, 0.29) is 0 Å². The van der Waals surface area contributed by atoms with E-state index in [1.54, 1.807) is 17.2 Å². The first-order valence-corrected chi connectivity index (χ1v) is 10.5. The molecule has 1 aliphatic carbocycles. The lowest BCUT2D eigenvalue weighted by Crippen LogP contribution is -2.00. The first-order valence-electron chi connectivity index (χ1n) is 9.71. The van der Waals surface area contributed by atoms with Crippen LogP contribution in [0.5, 0.6) is 0 Å². The second-order valence-electron chi connectivity index (χ2n) is 7.46. The Balaban J connectivity index is 0.000000188. The van der Waals surface area contributed by atoms with E-state index < -0.39 is 0 Å². The monoisotopic (exact) mass is 423 g/mol. The Kier molecular flexibility index (Phi) is 5.53. The molecule has 0 saturated carbocycles. The maximum absolute atomic E-state index is 6.32. The Morgan fingerprint density at radius 3 is 2.28 bits per heavy atom. The SMILES string of the molecule is Cc1cc(N)c2cc(C)c(-c3ccc(Cl)cc3Cl)n2n1.c1ccc2c(c1)CCC2. The van der Waals surface area contributed by atoms with Crippen LogP contribution in [0, 0.1) is 13.8 Å². The number of aromatic nitrogens is 2. The van der Waals surface area contributed by atoms with Gasteiger partial charge in [0.25, 0.3) is 0 Å². The first kappa shape index (κ1) is 19.8. The Morgan fingerprint density at radius 1 is 0.931 bits per heavy atom. The minimum Gasteiger partial charge on any atom is -0.397 e. The molecule has 5 rings (SSSR count). The van der Waals surface area contributed by atoms with Crippen LogP contribution >= 0.6 is 23.2 Å². The Labute approximate surface area is 181 Å². The summed E-state index contributed by atoms with van der Waals surface area (Å²) < 4.78 is 1.84. The van der Waals surface area contributed by atoms with Gasteiger partial charge in [-0.05, 0) is 80.1 Å². The third-order valence-electron chi connectivity index (χ3n) is 5.28. The van der Waals surface area contributed by atoms with E-state index in [0.717, 1.165) is 28.0 Å². The van der Waals surface area contributed by atoms with Gasteiger partial charge in [0, 0.05) is 10.6 Å². The number of nitrogens with zero attached hydrogens (tertiary/aromatic N) is 2. The zero-order chi connectivity index (χ0) is 20.5. The number of aryl methyl sites for hydroxylation is 4. The van der Waals surface area contributed by atoms with Gasteiger partial charge in [-0.2, -0.15) is 5.10 Å². The maximum atomic E-state index is 6.32. The second kappa shape index (κ2) is 8.10. The maximum Gasteiger partial charge on any atom is 0.0886 e. The molecule has 2 aromatic carbocycles. The predicted molar refractivity (Wildman–Crippen MR) is 123 cm³/mol. The molecule has 0 atom stereocenters. The molecule has 3 nitrogen and oxygen atoms in total. The average Bonchev–Trinajstić information content (AvgIpc) is 3.27. The minimum absolute atomic E-state index is 0.600. The van der Waals surface area contributed by atoms with Gasteiger partial charge in [-0.1, -0.05) is 47.5 Å². The van der Waals surface area contributed by atoms with Crippen molar-refractivity contribution in [2.75, 3.05) is 5.73 Å². The summed E-state index contributed by atoms with van der Waals surface area (Å²) in [5, 5.41) is 5.75. The molecule has 0 bridgehead atoms. The average molecular weight is 424 g/mol. The molecule has 2 aromatic heterocycles. The first-order chi connectivity index (χ1) is 13.9. The number of anilines is 1. The van der Waals surface area contributed by atoms with Gasteiger partial charge < -0.3 is 5.73 Å². The highest BCUT2D eigenvalue weighted by molar-refractivity contribution is 6.36. The van der Waals surface area contributed by atoms with E-state index in [1.807, 2.05) is 42.6 Å². The van der Waals surface area contributed by atoms with Gasteiger partial charge in [-0.25, -0.2) is 4.52 Å². The number of rotatable bonds is 1. The lowest BCUT2D eigenvalue weighted by atomic mass is 10.1. The molecule has 0 radical (unpaired) electrons. The largest absolute Gasteiger partial charge is 0.397 e. The van der Waals surface area contributed by atoms with Crippen molar-refractivity contribution in [3.05, 3.63) is 87.0 Å². The van der Waals surface area contributed by atoms with E-state index >= 15 is 0 Å². The molecule has 0 amide bonds. The fourth-order valence-electron chi connectivity index (χ4n) is 3.94. The Bertz CT molecular complexity index is 1170. The Morgan fingerprint density at radius 2 is 1.62 bits per heavy atom. The third kappa shape index (κ3) is 3.98. The number of nitrogen functional groups attached to an aromatic ring is 1. The number of halogens is 2. The number of benzene rings is 2. The van der Waals surface area contributed by atoms with Crippen molar-refractivity contribution in [2.24, 2.45) is 0 Å². The molecule has 2 N–H and O–H groups in total. The van der Waals surface area contributed by atoms with Crippen molar-refractivity contribution in [2.45, 2.75) is 33.1 Å². The summed E-state index contributed by atoms with van der Waals surface area (Å²) in [6.07, 6.45) is 3.96. The van der Waals surface area contributed by atoms with Crippen molar-refractivity contribution in [1.82, 2.24) is 9.61 Å². The molecule has 148 valence electrons. The number of fused-ring (bicyclic) bond motifs is 2. The van der Waals surface area contributed by atoms with Crippen LogP contribution in [-0.4, -0.2) is 9.61 Å². The van der Waals surface area contributed by atoms with Crippen LogP contribution in [0.2, 0.25) is 10.0 Å². The zero-order valence-electron chi connectivity index (χ0n) is 16.5. The molecule has 4 aromatic rings. The van der Waals surface area contributed by atoms with E-state index in [9.17, 15) is 0 Å². The molecule has 0 saturated heterocycles. The van der Waals surface area contributed by atoms with Crippen LogP contribution < -0.4 is 5.73 Å². The van der Waals surface area contributed by atoms with Crippen LogP contribution in [0.15, 0.2) is 54.6 Å². The summed E-state index contributed by atoms with van der Waals surface area (Å²) in [7, 11) is 0. The van der Waals surface area contributed by atoms with E-state index in [4.69, 9.17) is 28.9 Å². The molecule has 5 heteroatoms. The smallest absolute Gasteiger partial charge is 0.0886 e.